The Bertz CT molecular complexity index is 447. The van der Waals surface area contributed by atoms with Crippen LogP contribution in [0.5, 0.6) is 0 Å². The van der Waals surface area contributed by atoms with Crippen molar-refractivity contribution in [1.82, 2.24) is 10.0 Å². The molecule has 0 aromatic heterocycles. The van der Waals surface area contributed by atoms with Crippen LogP contribution in [0.25, 0.3) is 0 Å². The lowest BCUT2D eigenvalue weighted by molar-refractivity contribution is -0.133. The van der Waals surface area contributed by atoms with E-state index in [1.54, 1.807) is 0 Å². The van der Waals surface area contributed by atoms with Gasteiger partial charge in [-0.15, -0.1) is 0 Å². The fourth-order valence-electron chi connectivity index (χ4n) is 2.17. The van der Waals surface area contributed by atoms with Crippen molar-refractivity contribution in [3.05, 3.63) is 0 Å². The summed E-state index contributed by atoms with van der Waals surface area (Å²) in [5, 5.41) is 11.7. The molecule has 1 amide bonds. The smallest absolute Gasteiger partial charge is 0.240 e. The molecule has 0 unspecified atom stereocenters. The Morgan fingerprint density at radius 1 is 1.44 bits per heavy atom. The number of hydrogen-bond acceptors (Lipinski definition) is 4. The van der Waals surface area contributed by atoms with Crippen molar-refractivity contribution in [2.45, 2.75) is 26.2 Å². The molecule has 0 spiro atoms. The molecule has 1 aliphatic carbocycles. The van der Waals surface area contributed by atoms with Gasteiger partial charge in [0.15, 0.2) is 0 Å². The molecule has 18 heavy (non-hydrogen) atoms. The van der Waals surface area contributed by atoms with E-state index >= 15 is 0 Å². The van der Waals surface area contributed by atoms with Crippen molar-refractivity contribution in [3.63, 3.8) is 0 Å². The molecule has 0 heterocycles. The highest BCUT2D eigenvalue weighted by molar-refractivity contribution is 7.88. The molecule has 0 aliphatic heterocycles. The second-order valence-electron chi connectivity index (χ2n) is 4.98. The molecule has 2 N–H and O–H groups in total. The van der Waals surface area contributed by atoms with Crippen LogP contribution in [0.15, 0.2) is 0 Å². The summed E-state index contributed by atoms with van der Waals surface area (Å²) in [6.45, 7) is 2.67. The monoisotopic (exact) mass is 273 g/mol. The largest absolute Gasteiger partial charge is 0.355 e. The van der Waals surface area contributed by atoms with Gasteiger partial charge in [-0.1, -0.05) is 6.92 Å². The standard InChI is InChI=1S/C11H19N3O3S/c1-9-6-11(7-9,8-12)10(15)13-4-3-5-14-18(2,16)17/h9,14H,3-7H2,1-2H3,(H,13,15). The highest BCUT2D eigenvalue weighted by Crippen LogP contribution is 2.44. The van der Waals surface area contributed by atoms with Crippen LogP contribution in [0.2, 0.25) is 0 Å². The second-order valence-corrected chi connectivity index (χ2v) is 6.82. The number of hydrogen-bond donors (Lipinski definition) is 2. The predicted octanol–water partition coefficient (Wildman–Crippen LogP) is -0.0182. The van der Waals surface area contributed by atoms with Gasteiger partial charge in [0.1, 0.15) is 5.41 Å². The lowest BCUT2D eigenvalue weighted by Crippen LogP contribution is -2.48. The summed E-state index contributed by atoms with van der Waals surface area (Å²) in [4.78, 5) is 11.8. The summed E-state index contributed by atoms with van der Waals surface area (Å²) < 4.78 is 23.9. The fraction of sp³-hybridized carbons (Fsp3) is 0.818. The Morgan fingerprint density at radius 2 is 2.06 bits per heavy atom. The van der Waals surface area contributed by atoms with E-state index < -0.39 is 15.4 Å². The molecular weight excluding hydrogens is 254 g/mol. The van der Waals surface area contributed by atoms with Gasteiger partial charge >= 0.3 is 0 Å². The molecule has 0 bridgehead atoms. The molecule has 1 fully saturated rings. The average Bonchev–Trinajstić information content (AvgIpc) is 2.22. The lowest BCUT2D eigenvalue weighted by atomic mass is 9.63. The Balaban J connectivity index is 2.24. The fourth-order valence-corrected chi connectivity index (χ4v) is 2.69. The lowest BCUT2D eigenvalue weighted by Gasteiger charge is -2.39. The van der Waals surface area contributed by atoms with Crippen LogP contribution in [0.3, 0.4) is 0 Å². The van der Waals surface area contributed by atoms with E-state index in [4.69, 9.17) is 5.26 Å². The van der Waals surface area contributed by atoms with Crippen molar-refractivity contribution < 1.29 is 13.2 Å². The number of carbonyl (C=O) groups is 1. The maximum absolute atomic E-state index is 11.8. The maximum Gasteiger partial charge on any atom is 0.240 e. The van der Waals surface area contributed by atoms with Crippen LogP contribution in [0.1, 0.15) is 26.2 Å². The zero-order chi connectivity index (χ0) is 13.8. The van der Waals surface area contributed by atoms with Gasteiger partial charge < -0.3 is 5.32 Å². The number of rotatable bonds is 6. The Morgan fingerprint density at radius 3 is 2.50 bits per heavy atom. The van der Waals surface area contributed by atoms with Crippen molar-refractivity contribution in [2.24, 2.45) is 11.3 Å². The minimum atomic E-state index is -3.17. The van der Waals surface area contributed by atoms with Crippen LogP contribution in [0.4, 0.5) is 0 Å². The number of carbonyl (C=O) groups excluding carboxylic acids is 1. The van der Waals surface area contributed by atoms with Gasteiger partial charge in [-0.3, -0.25) is 4.79 Å². The summed E-state index contributed by atoms with van der Waals surface area (Å²) in [6, 6.07) is 2.09. The van der Waals surface area contributed by atoms with Crippen molar-refractivity contribution in [2.75, 3.05) is 19.3 Å². The molecule has 1 aliphatic rings. The van der Waals surface area contributed by atoms with E-state index in [1.807, 2.05) is 6.92 Å². The van der Waals surface area contributed by atoms with Gasteiger partial charge in [-0.25, -0.2) is 13.1 Å². The van der Waals surface area contributed by atoms with Gasteiger partial charge in [-0.2, -0.15) is 5.26 Å². The molecule has 102 valence electrons. The molecule has 1 rings (SSSR count). The van der Waals surface area contributed by atoms with E-state index in [9.17, 15) is 13.2 Å². The van der Waals surface area contributed by atoms with Gasteiger partial charge in [0.05, 0.1) is 12.3 Å². The first-order valence-electron chi connectivity index (χ1n) is 5.93. The van der Waals surface area contributed by atoms with E-state index in [0.29, 0.717) is 31.7 Å². The summed E-state index contributed by atoms with van der Waals surface area (Å²) in [7, 11) is -3.17. The zero-order valence-corrected chi connectivity index (χ0v) is 11.5. The number of amides is 1. The van der Waals surface area contributed by atoms with Gasteiger partial charge in [0.2, 0.25) is 15.9 Å². The molecule has 0 atom stereocenters. The number of nitrogens with zero attached hydrogens (tertiary/aromatic N) is 1. The number of nitrogens with one attached hydrogen (secondary N) is 2. The predicted molar refractivity (Wildman–Crippen MR) is 66.9 cm³/mol. The molecule has 0 aromatic rings. The van der Waals surface area contributed by atoms with E-state index in [2.05, 4.69) is 16.1 Å². The van der Waals surface area contributed by atoms with Gasteiger partial charge in [0.25, 0.3) is 0 Å². The summed E-state index contributed by atoms with van der Waals surface area (Å²) in [5.74, 6) is 0.185. The topological polar surface area (TPSA) is 99.1 Å². The molecule has 7 heteroatoms. The third kappa shape index (κ3) is 3.96. The zero-order valence-electron chi connectivity index (χ0n) is 10.7. The van der Waals surface area contributed by atoms with Crippen LogP contribution < -0.4 is 10.0 Å². The highest BCUT2D eigenvalue weighted by atomic mass is 32.2. The summed E-state index contributed by atoms with van der Waals surface area (Å²) in [5.41, 5.74) is -0.857. The van der Waals surface area contributed by atoms with Crippen molar-refractivity contribution in [1.29, 1.82) is 5.26 Å². The average molecular weight is 273 g/mol. The first-order valence-corrected chi connectivity index (χ1v) is 7.82. The first-order chi connectivity index (χ1) is 8.29. The third-order valence-corrected chi connectivity index (χ3v) is 3.77. The molecule has 6 nitrogen and oxygen atoms in total. The Labute approximate surface area is 108 Å². The highest BCUT2D eigenvalue weighted by Gasteiger charge is 2.48. The van der Waals surface area contributed by atoms with Crippen molar-refractivity contribution >= 4 is 15.9 Å². The number of sulfonamides is 1. The molecular formula is C11H19N3O3S. The van der Waals surface area contributed by atoms with Crippen LogP contribution in [-0.4, -0.2) is 33.7 Å². The minimum absolute atomic E-state index is 0.234. The Kier molecular flexibility index (Phi) is 4.71. The van der Waals surface area contributed by atoms with E-state index in [-0.39, 0.29) is 12.5 Å². The molecule has 0 saturated heterocycles. The molecule has 0 radical (unpaired) electrons. The Hall–Kier alpha value is -1.13. The third-order valence-electron chi connectivity index (χ3n) is 3.05. The quantitative estimate of drug-likeness (QED) is 0.664. The van der Waals surface area contributed by atoms with Crippen molar-refractivity contribution in [3.8, 4) is 6.07 Å². The van der Waals surface area contributed by atoms with Crippen LogP contribution >= 0.6 is 0 Å². The van der Waals surface area contributed by atoms with Crippen LogP contribution in [0, 0.1) is 22.7 Å². The second kappa shape index (κ2) is 5.67. The number of nitriles is 1. The SMILES string of the molecule is CC1CC(C#N)(C(=O)NCCCNS(C)(=O)=O)C1. The summed E-state index contributed by atoms with van der Waals surface area (Å²) in [6.07, 6.45) is 2.82. The minimum Gasteiger partial charge on any atom is -0.355 e. The molecule has 0 aromatic carbocycles. The van der Waals surface area contributed by atoms with Gasteiger partial charge in [-0.05, 0) is 25.2 Å². The molecule has 1 saturated carbocycles. The van der Waals surface area contributed by atoms with E-state index in [1.165, 1.54) is 0 Å². The maximum atomic E-state index is 11.8. The van der Waals surface area contributed by atoms with E-state index in [0.717, 1.165) is 6.26 Å². The summed E-state index contributed by atoms with van der Waals surface area (Å²) >= 11 is 0. The van der Waals surface area contributed by atoms with Crippen LogP contribution in [-0.2, 0) is 14.8 Å². The normalized spacial score (nSPS) is 27.1. The van der Waals surface area contributed by atoms with Gasteiger partial charge in [0, 0.05) is 13.1 Å². The first kappa shape index (κ1) is 14.9.